The first-order chi connectivity index (χ1) is 33.2. The molecule has 0 saturated carbocycles. The number of benzene rings is 3. The van der Waals surface area contributed by atoms with E-state index in [4.69, 9.17) is 19.6 Å². The summed E-state index contributed by atoms with van der Waals surface area (Å²) in [5.74, 6) is -7.79. The summed E-state index contributed by atoms with van der Waals surface area (Å²) in [6.07, 6.45) is 1.10. The summed E-state index contributed by atoms with van der Waals surface area (Å²) in [6, 6.07) is 11.6. The summed E-state index contributed by atoms with van der Waals surface area (Å²) in [5, 5.41) is 68.9. The van der Waals surface area contributed by atoms with Crippen molar-refractivity contribution in [2.45, 2.75) is 82.5 Å². The van der Waals surface area contributed by atoms with Gasteiger partial charge in [0.15, 0.2) is 0 Å². The van der Waals surface area contributed by atoms with Crippen LogP contribution in [0.5, 0.6) is 17.2 Å². The van der Waals surface area contributed by atoms with Crippen molar-refractivity contribution in [3.05, 3.63) is 83.4 Å². The number of nitrogens with zero attached hydrogens (tertiary/aromatic N) is 2. The monoisotopic (exact) mass is 977 g/mol. The van der Waals surface area contributed by atoms with Crippen molar-refractivity contribution >= 4 is 65.8 Å². The fraction of sp³-hybridized carbons (Fsp3) is 0.404. The summed E-state index contributed by atoms with van der Waals surface area (Å²) < 4.78 is 10.6. The second kappa shape index (κ2) is 28.2. The van der Waals surface area contributed by atoms with Gasteiger partial charge >= 0.3 is 35.9 Å². The number of phenols is 1. The van der Waals surface area contributed by atoms with E-state index >= 15 is 0 Å². The van der Waals surface area contributed by atoms with Crippen LogP contribution in [-0.2, 0) is 40.0 Å². The molecule has 0 fully saturated rings. The van der Waals surface area contributed by atoms with Crippen LogP contribution in [0.15, 0.2) is 76.7 Å². The molecule has 0 spiro atoms. The number of carbonyl (C=O) groups is 8. The van der Waals surface area contributed by atoms with Crippen LogP contribution in [0.1, 0.15) is 68.6 Å². The van der Waals surface area contributed by atoms with Crippen molar-refractivity contribution in [2.75, 3.05) is 39.2 Å². The molecule has 3 aromatic carbocycles. The van der Waals surface area contributed by atoms with E-state index in [1.54, 1.807) is 55.9 Å². The fourth-order valence-corrected chi connectivity index (χ4v) is 6.78. The van der Waals surface area contributed by atoms with Gasteiger partial charge in [-0.3, -0.25) is 34.0 Å². The van der Waals surface area contributed by atoms with Crippen molar-refractivity contribution in [3.8, 4) is 17.2 Å². The molecule has 23 heteroatoms. The second-order valence-electron chi connectivity index (χ2n) is 16.4. The SMILES string of the molecule is COc1cccc(/C=N/CC(C)(C/N=C\c2cc(OC)ccc2O)Cc2ccc(NC(CC(=O)O)C(=O)NC(CC(=O)O)C(=O)NCCCCC(NC(=O)NC(CCC(=O)O)C(=O)O)C(=O)O)cc2)c1. The van der Waals surface area contributed by atoms with Crippen LogP contribution in [0.25, 0.3) is 0 Å². The Balaban J connectivity index is 1.67. The number of aromatic hydroxyl groups is 1. The molecule has 0 saturated heterocycles. The van der Waals surface area contributed by atoms with E-state index in [1.807, 2.05) is 36.5 Å². The molecule has 0 aliphatic carbocycles. The third-order valence-electron chi connectivity index (χ3n) is 10.5. The summed E-state index contributed by atoms with van der Waals surface area (Å²) in [6.45, 7) is 2.48. The van der Waals surface area contributed by atoms with E-state index in [-0.39, 0.29) is 38.1 Å². The van der Waals surface area contributed by atoms with E-state index in [2.05, 4.69) is 26.3 Å². The predicted molar refractivity (Wildman–Crippen MR) is 253 cm³/mol. The number of carbonyl (C=O) groups excluding carboxylic acids is 3. The van der Waals surface area contributed by atoms with E-state index < -0.39 is 103 Å². The van der Waals surface area contributed by atoms with Gasteiger partial charge in [-0.2, -0.15) is 0 Å². The van der Waals surface area contributed by atoms with Crippen molar-refractivity contribution in [3.63, 3.8) is 0 Å². The minimum absolute atomic E-state index is 0.0225. The molecule has 0 aromatic heterocycles. The van der Waals surface area contributed by atoms with Crippen molar-refractivity contribution < 1.29 is 78.5 Å². The van der Waals surface area contributed by atoms with Crippen LogP contribution >= 0.6 is 0 Å². The fourth-order valence-electron chi connectivity index (χ4n) is 6.78. The normalized spacial score (nSPS) is 13.7. The number of hydrogen-bond donors (Lipinski definition) is 11. The molecule has 23 nitrogen and oxygen atoms in total. The molecule has 11 N–H and O–H groups in total. The molecular weight excluding hydrogens is 919 g/mol. The number of aliphatic imine (C=N–C) groups is 2. The molecule has 0 bridgehead atoms. The highest BCUT2D eigenvalue weighted by Crippen LogP contribution is 2.27. The number of anilines is 1. The van der Waals surface area contributed by atoms with Gasteiger partial charge in [0.25, 0.3) is 0 Å². The standard InChI is InChI=1S/C47H59N7O16/c1-47(26-48-24-29-7-6-8-32(19-29)69-2,27-49-25-30-20-33(70-3)14-16-38(30)55)23-28-10-12-31(13-11-28)51-37(22-41(60)61)43(63)52-36(21-40(58)59)42(62)50-18-5-4-9-34(44(64)65)53-46(68)54-35(45(66)67)15-17-39(56)57/h6-8,10-14,16,19-20,24-25,34-37,51,55H,4-5,9,15,17-18,21-23,26-27H2,1-3H3,(H,50,62)(H,52,63)(H,56,57)(H,58,59)(H,60,61)(H,64,65)(H,66,67)(H2,53,54,68)/b48-24+,49-25-. The lowest BCUT2D eigenvalue weighted by Crippen LogP contribution is -2.52. The van der Waals surface area contributed by atoms with Crippen LogP contribution in [0, 0.1) is 5.41 Å². The Hall–Kier alpha value is -8.24. The zero-order valence-electron chi connectivity index (χ0n) is 38.8. The van der Waals surface area contributed by atoms with Crippen molar-refractivity contribution in [1.82, 2.24) is 21.3 Å². The van der Waals surface area contributed by atoms with Gasteiger partial charge in [0.1, 0.15) is 41.4 Å². The Morgan fingerprint density at radius 2 is 1.26 bits per heavy atom. The number of carboxylic acid groups (broad SMARTS) is 5. The Morgan fingerprint density at radius 1 is 0.657 bits per heavy atom. The highest BCUT2D eigenvalue weighted by atomic mass is 16.5. The summed E-state index contributed by atoms with van der Waals surface area (Å²) >= 11 is 0. The van der Waals surface area contributed by atoms with E-state index in [1.165, 1.54) is 13.2 Å². The third-order valence-corrected chi connectivity index (χ3v) is 10.5. The minimum atomic E-state index is -1.65. The lowest BCUT2D eigenvalue weighted by atomic mass is 9.83. The summed E-state index contributed by atoms with van der Waals surface area (Å²) in [5.41, 5.74) is 1.88. The van der Waals surface area contributed by atoms with Gasteiger partial charge in [-0.1, -0.05) is 31.2 Å². The molecule has 0 aliphatic rings. The third kappa shape index (κ3) is 20.3. The average molecular weight is 978 g/mol. The number of ether oxygens (including phenoxy) is 2. The topological polar surface area (TPSA) is 361 Å². The van der Waals surface area contributed by atoms with Crippen molar-refractivity contribution in [1.29, 1.82) is 0 Å². The number of carboxylic acids is 5. The summed E-state index contributed by atoms with van der Waals surface area (Å²) in [4.78, 5) is 106. The zero-order valence-corrected chi connectivity index (χ0v) is 38.8. The number of unbranched alkanes of at least 4 members (excludes halogenated alkanes) is 1. The van der Waals surface area contributed by atoms with E-state index in [0.717, 1.165) is 11.1 Å². The lowest BCUT2D eigenvalue weighted by Gasteiger charge is -2.26. The quantitative estimate of drug-likeness (QED) is 0.0326. The van der Waals surface area contributed by atoms with Gasteiger partial charge in [-0.25, -0.2) is 14.4 Å². The first-order valence-electron chi connectivity index (χ1n) is 21.8. The van der Waals surface area contributed by atoms with Gasteiger partial charge in [-0.05, 0) is 85.7 Å². The van der Waals surface area contributed by atoms with Crippen LogP contribution in [0.3, 0.4) is 0 Å². The van der Waals surface area contributed by atoms with Crippen LogP contribution in [0.2, 0.25) is 0 Å². The van der Waals surface area contributed by atoms with E-state index in [9.17, 15) is 63.9 Å². The molecule has 3 rings (SSSR count). The number of aliphatic carboxylic acids is 5. The van der Waals surface area contributed by atoms with Gasteiger partial charge in [0.05, 0.1) is 27.1 Å². The molecular formula is C47H59N7O16. The Labute approximate surface area is 402 Å². The number of phenolic OH excluding ortho intramolecular Hbond substituents is 1. The Morgan fingerprint density at radius 3 is 1.86 bits per heavy atom. The largest absolute Gasteiger partial charge is 0.507 e. The van der Waals surface area contributed by atoms with Gasteiger partial charge in [0, 0.05) is 55.2 Å². The van der Waals surface area contributed by atoms with Gasteiger partial charge in [0.2, 0.25) is 11.8 Å². The minimum Gasteiger partial charge on any atom is -0.507 e. The number of urea groups is 1. The highest BCUT2D eigenvalue weighted by Gasteiger charge is 2.30. The zero-order chi connectivity index (χ0) is 51.8. The molecule has 5 atom stereocenters. The molecule has 0 radical (unpaired) electrons. The maximum atomic E-state index is 13.5. The first-order valence-corrected chi connectivity index (χ1v) is 21.8. The number of hydrogen-bond acceptors (Lipinski definition) is 14. The second-order valence-corrected chi connectivity index (χ2v) is 16.4. The van der Waals surface area contributed by atoms with E-state index in [0.29, 0.717) is 35.7 Å². The molecule has 0 aliphatic heterocycles. The molecule has 0 heterocycles. The highest BCUT2D eigenvalue weighted by molar-refractivity contribution is 5.95. The number of methoxy groups -OCH3 is 2. The molecule has 5 unspecified atom stereocenters. The number of nitrogens with one attached hydrogen (secondary N) is 5. The van der Waals surface area contributed by atoms with Crippen LogP contribution < -0.4 is 36.1 Å². The molecule has 378 valence electrons. The molecule has 4 amide bonds. The van der Waals surface area contributed by atoms with Gasteiger partial charge in [-0.15, -0.1) is 0 Å². The van der Waals surface area contributed by atoms with Gasteiger partial charge < -0.3 is 66.7 Å². The maximum absolute atomic E-state index is 13.5. The summed E-state index contributed by atoms with van der Waals surface area (Å²) in [7, 11) is 3.08. The Bertz CT molecular complexity index is 2360. The van der Waals surface area contributed by atoms with Crippen molar-refractivity contribution in [2.24, 2.45) is 15.4 Å². The number of amides is 4. The lowest BCUT2D eigenvalue weighted by molar-refractivity contribution is -0.142. The molecule has 70 heavy (non-hydrogen) atoms. The van der Waals surface area contributed by atoms with Crippen LogP contribution in [0.4, 0.5) is 10.5 Å². The smallest absolute Gasteiger partial charge is 0.326 e. The first kappa shape index (κ1) is 56.1. The maximum Gasteiger partial charge on any atom is 0.326 e. The molecule has 3 aromatic rings. The predicted octanol–water partition coefficient (Wildman–Crippen LogP) is 2.77. The average Bonchev–Trinajstić information content (AvgIpc) is 3.30. The van der Waals surface area contributed by atoms with Crippen LogP contribution in [-0.4, -0.2) is 149 Å². The Kier molecular flexibility index (Phi) is 22.6. The number of rotatable bonds is 31.